The van der Waals surface area contributed by atoms with Gasteiger partial charge in [-0.3, -0.25) is 9.59 Å². The van der Waals surface area contributed by atoms with Crippen molar-refractivity contribution in [3.05, 3.63) is 71.5 Å². The number of ether oxygens (including phenoxy) is 1. The van der Waals surface area contributed by atoms with Gasteiger partial charge in [-0.25, -0.2) is 4.39 Å². The molecular formula is C22H25FN2O3. The molecule has 5 nitrogen and oxygen atoms in total. The third-order valence-electron chi connectivity index (χ3n) is 4.86. The van der Waals surface area contributed by atoms with Gasteiger partial charge in [0.2, 0.25) is 11.8 Å². The topological polar surface area (TPSA) is 49.9 Å². The molecule has 28 heavy (non-hydrogen) atoms. The van der Waals surface area contributed by atoms with E-state index >= 15 is 0 Å². The van der Waals surface area contributed by atoms with Gasteiger partial charge in [-0.15, -0.1) is 0 Å². The number of amides is 2. The van der Waals surface area contributed by atoms with Crippen molar-refractivity contribution in [2.45, 2.75) is 26.1 Å². The van der Waals surface area contributed by atoms with Crippen molar-refractivity contribution in [1.29, 1.82) is 0 Å². The van der Waals surface area contributed by atoms with E-state index in [1.54, 1.807) is 17.0 Å². The molecule has 1 atom stereocenters. The molecular weight excluding hydrogens is 359 g/mol. The fourth-order valence-corrected chi connectivity index (χ4v) is 3.29. The second kappa shape index (κ2) is 9.46. The first-order valence-corrected chi connectivity index (χ1v) is 9.44. The Morgan fingerprint density at radius 2 is 1.86 bits per heavy atom. The van der Waals surface area contributed by atoms with Gasteiger partial charge in [-0.2, -0.15) is 0 Å². The van der Waals surface area contributed by atoms with E-state index in [1.807, 2.05) is 30.3 Å². The van der Waals surface area contributed by atoms with Gasteiger partial charge < -0.3 is 14.5 Å². The van der Waals surface area contributed by atoms with Crippen LogP contribution in [0.4, 0.5) is 4.39 Å². The van der Waals surface area contributed by atoms with Gasteiger partial charge in [0.15, 0.2) is 0 Å². The predicted molar refractivity (Wildman–Crippen MR) is 104 cm³/mol. The van der Waals surface area contributed by atoms with Crippen LogP contribution in [0, 0.1) is 5.82 Å². The molecule has 0 N–H and O–H groups in total. The van der Waals surface area contributed by atoms with Crippen LogP contribution in [-0.4, -0.2) is 53.9 Å². The highest BCUT2D eigenvalue weighted by molar-refractivity contribution is 5.84. The van der Waals surface area contributed by atoms with Crippen LogP contribution in [0.3, 0.4) is 0 Å². The SMILES string of the molecule is CC(=O)N1CC(=O)N(CCc2ccccc2)CC(OCc2cccc(F)c2)C1. The number of rotatable bonds is 6. The Bertz CT molecular complexity index is 812. The molecule has 2 aromatic carbocycles. The molecule has 1 unspecified atom stereocenters. The van der Waals surface area contributed by atoms with Gasteiger partial charge in [0.05, 0.1) is 19.3 Å². The molecule has 0 bridgehead atoms. The van der Waals surface area contributed by atoms with Crippen LogP contribution >= 0.6 is 0 Å². The minimum absolute atomic E-state index is 0.0595. The Morgan fingerprint density at radius 1 is 1.11 bits per heavy atom. The normalized spacial score (nSPS) is 17.5. The average Bonchev–Trinajstić information content (AvgIpc) is 2.84. The summed E-state index contributed by atoms with van der Waals surface area (Å²) in [5, 5.41) is 0. The first-order chi connectivity index (χ1) is 13.5. The molecule has 1 aliphatic heterocycles. The minimum Gasteiger partial charge on any atom is -0.370 e. The van der Waals surface area contributed by atoms with E-state index in [-0.39, 0.29) is 36.9 Å². The van der Waals surface area contributed by atoms with E-state index in [4.69, 9.17) is 4.74 Å². The summed E-state index contributed by atoms with van der Waals surface area (Å²) in [7, 11) is 0. The minimum atomic E-state index is -0.325. The summed E-state index contributed by atoms with van der Waals surface area (Å²) < 4.78 is 19.3. The zero-order valence-electron chi connectivity index (χ0n) is 16.0. The van der Waals surface area contributed by atoms with E-state index < -0.39 is 0 Å². The van der Waals surface area contributed by atoms with Crippen molar-refractivity contribution in [2.24, 2.45) is 0 Å². The van der Waals surface area contributed by atoms with Gasteiger partial charge in [-0.05, 0) is 29.7 Å². The van der Waals surface area contributed by atoms with Gasteiger partial charge >= 0.3 is 0 Å². The van der Waals surface area contributed by atoms with Crippen molar-refractivity contribution in [2.75, 3.05) is 26.2 Å². The maximum absolute atomic E-state index is 13.4. The highest BCUT2D eigenvalue weighted by Gasteiger charge is 2.29. The summed E-state index contributed by atoms with van der Waals surface area (Å²) in [6.45, 7) is 3.06. The lowest BCUT2D eigenvalue weighted by Gasteiger charge is -2.24. The number of halogens is 1. The van der Waals surface area contributed by atoms with Gasteiger partial charge in [0.1, 0.15) is 5.82 Å². The molecule has 0 aliphatic carbocycles. The predicted octanol–water partition coefficient (Wildman–Crippen LogP) is 2.64. The zero-order chi connectivity index (χ0) is 19.9. The second-order valence-corrected chi connectivity index (χ2v) is 7.04. The van der Waals surface area contributed by atoms with Crippen molar-refractivity contribution >= 4 is 11.8 Å². The maximum Gasteiger partial charge on any atom is 0.242 e. The number of benzene rings is 2. The van der Waals surface area contributed by atoms with Crippen LogP contribution in [0.5, 0.6) is 0 Å². The summed E-state index contributed by atoms with van der Waals surface area (Å²) in [4.78, 5) is 27.8. The number of carbonyl (C=O) groups excluding carboxylic acids is 2. The molecule has 1 heterocycles. The van der Waals surface area contributed by atoms with Crippen molar-refractivity contribution < 1.29 is 18.7 Å². The lowest BCUT2D eigenvalue weighted by Crippen LogP contribution is -2.39. The Hall–Kier alpha value is -2.73. The molecule has 2 amide bonds. The Balaban J connectivity index is 1.66. The number of hydrogen-bond acceptors (Lipinski definition) is 3. The fraction of sp³-hybridized carbons (Fsp3) is 0.364. The first kappa shape index (κ1) is 20.0. The van der Waals surface area contributed by atoms with E-state index in [0.29, 0.717) is 19.6 Å². The van der Waals surface area contributed by atoms with Crippen LogP contribution < -0.4 is 0 Å². The molecule has 1 aliphatic rings. The molecule has 2 aromatic rings. The van der Waals surface area contributed by atoms with E-state index in [0.717, 1.165) is 17.5 Å². The van der Waals surface area contributed by atoms with Crippen molar-refractivity contribution in [3.63, 3.8) is 0 Å². The third-order valence-corrected chi connectivity index (χ3v) is 4.86. The third kappa shape index (κ3) is 5.63. The van der Waals surface area contributed by atoms with Crippen LogP contribution in [0.2, 0.25) is 0 Å². The van der Waals surface area contributed by atoms with Crippen LogP contribution in [0.25, 0.3) is 0 Å². The molecule has 0 radical (unpaired) electrons. The van der Waals surface area contributed by atoms with Crippen LogP contribution in [0.15, 0.2) is 54.6 Å². The fourth-order valence-electron chi connectivity index (χ4n) is 3.29. The van der Waals surface area contributed by atoms with Crippen LogP contribution in [-0.2, 0) is 27.4 Å². The molecule has 6 heteroatoms. The highest BCUT2D eigenvalue weighted by Crippen LogP contribution is 2.13. The van der Waals surface area contributed by atoms with Crippen LogP contribution in [0.1, 0.15) is 18.1 Å². The molecule has 1 saturated heterocycles. The van der Waals surface area contributed by atoms with E-state index in [2.05, 4.69) is 0 Å². The molecule has 1 fully saturated rings. The van der Waals surface area contributed by atoms with Crippen molar-refractivity contribution in [1.82, 2.24) is 9.80 Å². The quantitative estimate of drug-likeness (QED) is 0.769. The molecule has 3 rings (SSSR count). The smallest absolute Gasteiger partial charge is 0.242 e. The van der Waals surface area contributed by atoms with Gasteiger partial charge in [0, 0.05) is 26.6 Å². The monoisotopic (exact) mass is 384 g/mol. The summed E-state index contributed by atoms with van der Waals surface area (Å²) in [5.74, 6) is -0.549. The summed E-state index contributed by atoms with van der Waals surface area (Å²) in [6.07, 6.45) is 0.415. The Labute approximate surface area is 164 Å². The Kier molecular flexibility index (Phi) is 6.76. The molecule has 148 valence electrons. The zero-order valence-corrected chi connectivity index (χ0v) is 16.0. The Morgan fingerprint density at radius 3 is 2.57 bits per heavy atom. The van der Waals surface area contributed by atoms with Crippen molar-refractivity contribution in [3.8, 4) is 0 Å². The lowest BCUT2D eigenvalue weighted by molar-refractivity contribution is -0.137. The van der Waals surface area contributed by atoms with Gasteiger partial charge in [-0.1, -0.05) is 42.5 Å². The molecule has 0 spiro atoms. The standard InChI is InChI=1S/C22H25FN2O3/c1-17(26)25-14-21(28-16-19-8-5-9-20(23)12-19)13-24(22(27)15-25)11-10-18-6-3-2-4-7-18/h2-9,12,21H,10-11,13-16H2,1H3. The number of hydrogen-bond donors (Lipinski definition) is 0. The molecule has 0 aromatic heterocycles. The summed E-state index contributed by atoms with van der Waals surface area (Å²) in [5.41, 5.74) is 1.88. The maximum atomic E-state index is 13.4. The second-order valence-electron chi connectivity index (χ2n) is 7.04. The van der Waals surface area contributed by atoms with E-state index in [9.17, 15) is 14.0 Å². The highest BCUT2D eigenvalue weighted by atomic mass is 19.1. The summed E-state index contributed by atoms with van der Waals surface area (Å²) >= 11 is 0. The number of nitrogens with zero attached hydrogens (tertiary/aromatic N) is 2. The average molecular weight is 384 g/mol. The van der Waals surface area contributed by atoms with Gasteiger partial charge in [0.25, 0.3) is 0 Å². The lowest BCUT2D eigenvalue weighted by atomic mass is 10.1. The first-order valence-electron chi connectivity index (χ1n) is 9.44. The van der Waals surface area contributed by atoms with E-state index in [1.165, 1.54) is 24.0 Å². The summed E-state index contributed by atoms with van der Waals surface area (Å²) in [6, 6.07) is 16.2. The largest absolute Gasteiger partial charge is 0.370 e. The number of carbonyl (C=O) groups is 2. The molecule has 0 saturated carbocycles.